The van der Waals surface area contributed by atoms with Gasteiger partial charge in [-0.25, -0.2) is 4.98 Å². The molecule has 0 aromatic carbocycles. The zero-order chi connectivity index (χ0) is 16.7. The number of aromatic amines is 1. The van der Waals surface area contributed by atoms with Crippen LogP contribution in [0.1, 0.15) is 30.5 Å². The molecule has 2 aromatic rings. The predicted octanol–water partition coefficient (Wildman–Crippen LogP) is 3.25. The fraction of sp³-hybridized carbons (Fsp3) is 0.588. The summed E-state index contributed by atoms with van der Waals surface area (Å²) in [6.45, 7) is 4.08. The van der Waals surface area contributed by atoms with Gasteiger partial charge in [-0.2, -0.15) is 13.2 Å². The molecule has 0 bridgehead atoms. The van der Waals surface area contributed by atoms with Crippen LogP contribution in [0.15, 0.2) is 18.3 Å². The van der Waals surface area contributed by atoms with Gasteiger partial charge in [0.15, 0.2) is 0 Å². The van der Waals surface area contributed by atoms with Crippen molar-refractivity contribution in [2.45, 2.75) is 38.0 Å². The fourth-order valence-electron chi connectivity index (χ4n) is 4.07. The van der Waals surface area contributed by atoms with Crippen molar-refractivity contribution in [1.82, 2.24) is 19.8 Å². The summed E-state index contributed by atoms with van der Waals surface area (Å²) in [5.41, 5.74) is -0.00624. The highest BCUT2D eigenvalue weighted by molar-refractivity contribution is 5.81. The minimum absolute atomic E-state index is 0.316. The number of piperidine rings is 1. The molecular formula is C17H21F3N4. The highest BCUT2D eigenvalue weighted by atomic mass is 19.4. The monoisotopic (exact) mass is 338 g/mol. The average Bonchev–Trinajstić information content (AvgIpc) is 2.94. The third kappa shape index (κ3) is 2.91. The van der Waals surface area contributed by atoms with Crippen molar-refractivity contribution in [2.75, 3.05) is 26.2 Å². The van der Waals surface area contributed by atoms with E-state index >= 15 is 0 Å². The molecule has 24 heavy (non-hydrogen) atoms. The number of H-pyrrole nitrogens is 1. The smallest absolute Gasteiger partial charge is 0.335 e. The van der Waals surface area contributed by atoms with Crippen molar-refractivity contribution in [3.63, 3.8) is 0 Å². The molecule has 130 valence electrons. The van der Waals surface area contributed by atoms with Gasteiger partial charge in [-0.3, -0.25) is 9.80 Å². The van der Waals surface area contributed by atoms with Crippen LogP contribution in [-0.2, 0) is 12.7 Å². The molecule has 4 rings (SSSR count). The molecule has 4 heterocycles. The molecule has 2 fully saturated rings. The minimum Gasteiger partial charge on any atom is -0.335 e. The standard InChI is InChI=1S/C17H21F3N4/c18-17(19,20)15-14(13-5-3-6-21-16(13)22-15)11-23-8-9-24-7-2-1-4-12(24)10-23/h3,5-6,12H,1-2,4,7-11H2,(H,21,22)/t12-/m0/s1. The third-order valence-electron chi connectivity index (χ3n) is 5.26. The summed E-state index contributed by atoms with van der Waals surface area (Å²) in [4.78, 5) is 11.2. The number of nitrogens with one attached hydrogen (secondary N) is 1. The van der Waals surface area contributed by atoms with Gasteiger partial charge in [0.25, 0.3) is 0 Å². The first-order chi connectivity index (χ1) is 11.5. The van der Waals surface area contributed by atoms with Gasteiger partial charge < -0.3 is 4.98 Å². The Morgan fingerprint density at radius 1 is 1.21 bits per heavy atom. The molecule has 0 saturated carbocycles. The van der Waals surface area contributed by atoms with Crippen LogP contribution in [-0.4, -0.2) is 52.0 Å². The van der Waals surface area contributed by atoms with E-state index in [1.165, 1.54) is 19.0 Å². The van der Waals surface area contributed by atoms with Crippen LogP contribution in [0, 0.1) is 0 Å². The molecule has 1 N–H and O–H groups in total. The summed E-state index contributed by atoms with van der Waals surface area (Å²) < 4.78 is 40.3. The van der Waals surface area contributed by atoms with Crippen molar-refractivity contribution >= 4 is 11.0 Å². The van der Waals surface area contributed by atoms with Gasteiger partial charge in [-0.1, -0.05) is 6.42 Å². The quantitative estimate of drug-likeness (QED) is 0.913. The molecule has 2 aliphatic heterocycles. The lowest BCUT2D eigenvalue weighted by Gasteiger charge is -2.44. The van der Waals surface area contributed by atoms with E-state index in [9.17, 15) is 13.2 Å². The largest absolute Gasteiger partial charge is 0.431 e. The average molecular weight is 338 g/mol. The lowest BCUT2D eigenvalue weighted by Crippen LogP contribution is -2.54. The van der Waals surface area contributed by atoms with Gasteiger partial charge in [0.2, 0.25) is 0 Å². The Balaban J connectivity index is 1.62. The van der Waals surface area contributed by atoms with Crippen LogP contribution in [0.2, 0.25) is 0 Å². The maximum absolute atomic E-state index is 13.4. The van der Waals surface area contributed by atoms with Crippen molar-refractivity contribution in [3.8, 4) is 0 Å². The Hall–Kier alpha value is -1.60. The molecule has 0 radical (unpaired) electrons. The topological polar surface area (TPSA) is 35.2 Å². The number of fused-ring (bicyclic) bond motifs is 2. The highest BCUT2D eigenvalue weighted by Gasteiger charge is 2.38. The molecule has 0 spiro atoms. The summed E-state index contributed by atoms with van der Waals surface area (Å²) in [6, 6.07) is 3.91. The number of rotatable bonds is 2. The number of aromatic nitrogens is 2. The van der Waals surface area contributed by atoms with Gasteiger partial charge in [0.05, 0.1) is 0 Å². The van der Waals surface area contributed by atoms with Gasteiger partial charge in [-0.15, -0.1) is 0 Å². The van der Waals surface area contributed by atoms with Crippen LogP contribution in [0.25, 0.3) is 11.0 Å². The molecular weight excluding hydrogens is 317 g/mol. The van der Waals surface area contributed by atoms with E-state index in [0.717, 1.165) is 32.6 Å². The van der Waals surface area contributed by atoms with Crippen LogP contribution in [0.3, 0.4) is 0 Å². The Bertz CT molecular complexity index is 724. The second-order valence-corrected chi connectivity index (χ2v) is 6.80. The summed E-state index contributed by atoms with van der Waals surface area (Å²) in [5, 5.41) is 0.580. The Kier molecular flexibility index (Phi) is 4.00. The second kappa shape index (κ2) is 6.04. The van der Waals surface area contributed by atoms with E-state index in [4.69, 9.17) is 0 Å². The first kappa shape index (κ1) is 15.9. The number of hydrogen-bond donors (Lipinski definition) is 1. The summed E-state index contributed by atoms with van der Waals surface area (Å²) in [5.74, 6) is 0. The Morgan fingerprint density at radius 3 is 2.92 bits per heavy atom. The Morgan fingerprint density at radius 2 is 2.08 bits per heavy atom. The molecule has 7 heteroatoms. The molecule has 2 saturated heterocycles. The van der Waals surface area contributed by atoms with Crippen LogP contribution in [0.5, 0.6) is 0 Å². The van der Waals surface area contributed by atoms with Gasteiger partial charge in [0.1, 0.15) is 11.3 Å². The van der Waals surface area contributed by atoms with Crippen molar-refractivity contribution in [1.29, 1.82) is 0 Å². The molecule has 2 aliphatic rings. The zero-order valence-corrected chi connectivity index (χ0v) is 13.4. The van der Waals surface area contributed by atoms with Crippen molar-refractivity contribution < 1.29 is 13.2 Å². The SMILES string of the molecule is FC(F)(F)c1[nH]c2ncccc2c1CN1CCN2CCCC[C@H]2C1. The van der Waals surface area contributed by atoms with Crippen LogP contribution in [0.4, 0.5) is 13.2 Å². The number of pyridine rings is 1. The Labute approximate surface area is 138 Å². The van der Waals surface area contributed by atoms with E-state index in [-0.39, 0.29) is 0 Å². The lowest BCUT2D eigenvalue weighted by molar-refractivity contribution is -0.141. The first-order valence-electron chi connectivity index (χ1n) is 8.51. The molecule has 2 aromatic heterocycles. The summed E-state index contributed by atoms with van der Waals surface area (Å²) in [6.07, 6.45) is 0.743. The van der Waals surface area contributed by atoms with E-state index in [2.05, 4.69) is 19.8 Å². The predicted molar refractivity (Wildman–Crippen MR) is 85.6 cm³/mol. The van der Waals surface area contributed by atoms with E-state index in [0.29, 0.717) is 29.2 Å². The lowest BCUT2D eigenvalue weighted by atomic mass is 9.99. The maximum Gasteiger partial charge on any atom is 0.431 e. The minimum atomic E-state index is -4.39. The molecule has 0 aliphatic carbocycles. The number of hydrogen-bond acceptors (Lipinski definition) is 3. The number of alkyl halides is 3. The number of halogens is 3. The normalized spacial score (nSPS) is 23.5. The van der Waals surface area contributed by atoms with E-state index in [1.807, 2.05) is 0 Å². The maximum atomic E-state index is 13.4. The van der Waals surface area contributed by atoms with Crippen molar-refractivity contribution in [2.24, 2.45) is 0 Å². The van der Waals surface area contributed by atoms with Crippen LogP contribution >= 0.6 is 0 Å². The van der Waals surface area contributed by atoms with E-state index in [1.54, 1.807) is 12.1 Å². The molecule has 0 unspecified atom stereocenters. The van der Waals surface area contributed by atoms with Crippen molar-refractivity contribution in [3.05, 3.63) is 29.6 Å². The zero-order valence-electron chi connectivity index (χ0n) is 13.4. The molecule has 1 atom stereocenters. The number of piperazine rings is 1. The van der Waals surface area contributed by atoms with Gasteiger partial charge in [0, 0.05) is 49.4 Å². The summed E-state index contributed by atoms with van der Waals surface area (Å²) in [7, 11) is 0. The second-order valence-electron chi connectivity index (χ2n) is 6.80. The highest BCUT2D eigenvalue weighted by Crippen LogP contribution is 2.36. The third-order valence-corrected chi connectivity index (χ3v) is 5.26. The first-order valence-corrected chi connectivity index (χ1v) is 8.51. The fourth-order valence-corrected chi connectivity index (χ4v) is 4.07. The van der Waals surface area contributed by atoms with Gasteiger partial charge >= 0.3 is 6.18 Å². The number of nitrogens with zero attached hydrogens (tertiary/aromatic N) is 3. The van der Waals surface area contributed by atoms with Gasteiger partial charge in [-0.05, 0) is 31.5 Å². The molecule has 4 nitrogen and oxygen atoms in total. The van der Waals surface area contributed by atoms with Crippen LogP contribution < -0.4 is 0 Å². The summed E-state index contributed by atoms with van der Waals surface area (Å²) >= 11 is 0. The molecule has 0 amide bonds. The van der Waals surface area contributed by atoms with E-state index < -0.39 is 11.9 Å².